The van der Waals surface area contributed by atoms with Gasteiger partial charge in [0, 0.05) is 13.0 Å². The molecule has 6 N–H and O–H groups in total. The number of phenols is 1. The SMILES string of the molecule is CC(C)C[C@H](NC(=O)C1OC1C(=O)NCc1ccccc1)C(=O)NC(Cc1ccc(O)cc1)C(N)=O. The predicted molar refractivity (Wildman–Crippen MR) is 131 cm³/mol. The number of carbonyl (C=O) groups is 4. The normalized spacial score (nSPS) is 18.1. The molecule has 1 fully saturated rings. The molecule has 1 saturated heterocycles. The Morgan fingerprint density at radius 2 is 1.53 bits per heavy atom. The van der Waals surface area contributed by atoms with Gasteiger partial charge in [0.15, 0.2) is 12.2 Å². The summed E-state index contributed by atoms with van der Waals surface area (Å²) in [6.07, 6.45) is -1.49. The number of nitrogens with two attached hydrogens (primary N) is 1. The standard InChI is InChI=1S/C26H32N4O6/c1-15(2)12-20(24(33)29-19(23(27)32)13-16-8-10-18(31)11-9-16)30-26(35)22-21(36-22)25(34)28-14-17-6-4-3-5-7-17/h3-11,15,19-22,31H,12-14H2,1-2H3,(H2,27,32)(H,28,34)(H,29,33)(H,30,35)/t19?,20-,21?,22?/m0/s1. The van der Waals surface area contributed by atoms with Crippen LogP contribution in [-0.2, 0) is 36.9 Å². The minimum Gasteiger partial charge on any atom is -0.508 e. The minimum absolute atomic E-state index is 0.0512. The summed E-state index contributed by atoms with van der Waals surface area (Å²) in [6, 6.07) is 13.6. The van der Waals surface area contributed by atoms with Crippen molar-refractivity contribution in [3.63, 3.8) is 0 Å². The summed E-state index contributed by atoms with van der Waals surface area (Å²) in [7, 11) is 0. The fourth-order valence-electron chi connectivity index (χ4n) is 3.72. The Labute approximate surface area is 209 Å². The van der Waals surface area contributed by atoms with Crippen LogP contribution in [0.4, 0.5) is 0 Å². The van der Waals surface area contributed by atoms with E-state index < -0.39 is 47.9 Å². The van der Waals surface area contributed by atoms with Crippen LogP contribution < -0.4 is 21.7 Å². The van der Waals surface area contributed by atoms with Gasteiger partial charge in [0.1, 0.15) is 17.8 Å². The maximum atomic E-state index is 13.0. The number of phenolic OH excluding ortho intramolecular Hbond substituents is 1. The molecule has 0 aromatic heterocycles. The molecule has 2 aromatic carbocycles. The van der Waals surface area contributed by atoms with Gasteiger partial charge in [-0.25, -0.2) is 0 Å². The highest BCUT2D eigenvalue weighted by Gasteiger charge is 2.51. The van der Waals surface area contributed by atoms with Gasteiger partial charge in [-0.15, -0.1) is 0 Å². The summed E-state index contributed by atoms with van der Waals surface area (Å²) in [5.74, 6) is -2.16. The molecule has 10 nitrogen and oxygen atoms in total. The maximum Gasteiger partial charge on any atom is 0.253 e. The number of carbonyl (C=O) groups excluding carboxylic acids is 4. The lowest BCUT2D eigenvalue weighted by molar-refractivity contribution is -0.132. The van der Waals surface area contributed by atoms with Crippen molar-refractivity contribution in [1.82, 2.24) is 16.0 Å². The molecule has 192 valence electrons. The van der Waals surface area contributed by atoms with Gasteiger partial charge in [-0.1, -0.05) is 56.3 Å². The summed E-state index contributed by atoms with van der Waals surface area (Å²) in [5.41, 5.74) is 7.10. The average molecular weight is 497 g/mol. The van der Waals surface area contributed by atoms with Gasteiger partial charge in [0.25, 0.3) is 11.8 Å². The van der Waals surface area contributed by atoms with Crippen molar-refractivity contribution >= 4 is 23.6 Å². The van der Waals surface area contributed by atoms with E-state index in [1.165, 1.54) is 12.1 Å². The summed E-state index contributed by atoms with van der Waals surface area (Å²) in [5, 5.41) is 17.4. The van der Waals surface area contributed by atoms with Gasteiger partial charge in [-0.2, -0.15) is 0 Å². The van der Waals surface area contributed by atoms with Crippen LogP contribution in [0.25, 0.3) is 0 Å². The molecule has 0 spiro atoms. The van der Waals surface area contributed by atoms with Gasteiger partial charge in [-0.3, -0.25) is 19.2 Å². The smallest absolute Gasteiger partial charge is 0.253 e. The van der Waals surface area contributed by atoms with Crippen molar-refractivity contribution < 1.29 is 29.0 Å². The van der Waals surface area contributed by atoms with Crippen molar-refractivity contribution in [2.75, 3.05) is 0 Å². The van der Waals surface area contributed by atoms with Crippen molar-refractivity contribution in [3.05, 3.63) is 65.7 Å². The molecular formula is C26H32N4O6. The first-order valence-corrected chi connectivity index (χ1v) is 11.8. The third-order valence-corrected chi connectivity index (χ3v) is 5.69. The van der Waals surface area contributed by atoms with Gasteiger partial charge in [-0.05, 0) is 35.6 Å². The number of aromatic hydroxyl groups is 1. The molecule has 36 heavy (non-hydrogen) atoms. The molecule has 0 bridgehead atoms. The van der Waals surface area contributed by atoms with E-state index in [0.29, 0.717) is 18.5 Å². The first-order chi connectivity index (χ1) is 17.1. The van der Waals surface area contributed by atoms with E-state index in [9.17, 15) is 24.3 Å². The number of nitrogens with one attached hydrogen (secondary N) is 3. The molecule has 3 rings (SSSR count). The topological polar surface area (TPSA) is 163 Å². The maximum absolute atomic E-state index is 13.0. The number of rotatable bonds is 12. The average Bonchev–Trinajstić information content (AvgIpc) is 3.64. The van der Waals surface area contributed by atoms with Crippen LogP contribution in [0.3, 0.4) is 0 Å². The van der Waals surface area contributed by atoms with Crippen LogP contribution >= 0.6 is 0 Å². The molecular weight excluding hydrogens is 464 g/mol. The predicted octanol–water partition coefficient (Wildman–Crippen LogP) is 0.520. The highest BCUT2D eigenvalue weighted by atomic mass is 16.6. The van der Waals surface area contributed by atoms with Crippen LogP contribution in [0.2, 0.25) is 0 Å². The van der Waals surface area contributed by atoms with E-state index in [4.69, 9.17) is 10.5 Å². The van der Waals surface area contributed by atoms with Crippen LogP contribution in [0.1, 0.15) is 31.4 Å². The summed E-state index contributed by atoms with van der Waals surface area (Å²) >= 11 is 0. The van der Waals surface area contributed by atoms with Gasteiger partial charge in [0.2, 0.25) is 11.8 Å². The second-order valence-corrected chi connectivity index (χ2v) is 9.21. The van der Waals surface area contributed by atoms with Crippen molar-refractivity contribution in [2.24, 2.45) is 11.7 Å². The number of hydrogen-bond acceptors (Lipinski definition) is 6. The van der Waals surface area contributed by atoms with E-state index in [2.05, 4.69) is 16.0 Å². The fourth-order valence-corrected chi connectivity index (χ4v) is 3.72. The fraction of sp³-hybridized carbons (Fsp3) is 0.385. The molecule has 0 aliphatic carbocycles. The number of ether oxygens (including phenoxy) is 1. The molecule has 1 aliphatic heterocycles. The zero-order valence-corrected chi connectivity index (χ0v) is 20.3. The van der Waals surface area contributed by atoms with Crippen molar-refractivity contribution in [3.8, 4) is 5.75 Å². The van der Waals surface area contributed by atoms with Crippen molar-refractivity contribution in [1.29, 1.82) is 0 Å². The first-order valence-electron chi connectivity index (χ1n) is 11.8. The molecule has 2 aromatic rings. The summed E-state index contributed by atoms with van der Waals surface area (Å²) in [4.78, 5) is 50.0. The van der Waals surface area contributed by atoms with Crippen molar-refractivity contribution in [2.45, 2.75) is 57.5 Å². The Bertz CT molecular complexity index is 1070. The highest BCUT2D eigenvalue weighted by molar-refractivity contribution is 5.97. The molecule has 3 unspecified atom stereocenters. The Hall–Kier alpha value is -3.92. The zero-order chi connectivity index (χ0) is 26.2. The third-order valence-electron chi connectivity index (χ3n) is 5.69. The van der Waals surface area contributed by atoms with E-state index in [1.807, 2.05) is 44.2 Å². The largest absolute Gasteiger partial charge is 0.508 e. The van der Waals surface area contributed by atoms with Crippen LogP contribution in [0.15, 0.2) is 54.6 Å². The number of hydrogen-bond donors (Lipinski definition) is 5. The molecule has 4 amide bonds. The number of epoxide rings is 1. The Balaban J connectivity index is 1.56. The van der Waals surface area contributed by atoms with E-state index in [0.717, 1.165) is 5.56 Å². The third kappa shape index (κ3) is 7.81. The monoisotopic (exact) mass is 496 g/mol. The molecule has 4 atom stereocenters. The van der Waals surface area contributed by atoms with E-state index in [1.54, 1.807) is 12.1 Å². The second kappa shape index (κ2) is 12.2. The Morgan fingerprint density at radius 1 is 0.889 bits per heavy atom. The summed E-state index contributed by atoms with van der Waals surface area (Å²) < 4.78 is 5.27. The van der Waals surface area contributed by atoms with E-state index >= 15 is 0 Å². The lowest BCUT2D eigenvalue weighted by Gasteiger charge is -2.23. The lowest BCUT2D eigenvalue weighted by Crippen LogP contribution is -2.54. The van der Waals surface area contributed by atoms with Crippen LogP contribution in [-0.4, -0.2) is 53.0 Å². The molecule has 1 heterocycles. The zero-order valence-electron chi connectivity index (χ0n) is 20.3. The lowest BCUT2D eigenvalue weighted by atomic mass is 10.0. The number of primary amides is 1. The highest BCUT2D eigenvalue weighted by Crippen LogP contribution is 2.23. The Kier molecular flexibility index (Phi) is 9.02. The summed E-state index contributed by atoms with van der Waals surface area (Å²) in [6.45, 7) is 4.09. The van der Waals surface area contributed by atoms with E-state index in [-0.39, 0.29) is 18.1 Å². The quantitative estimate of drug-likeness (QED) is 0.269. The molecule has 0 radical (unpaired) electrons. The minimum atomic E-state index is -1.01. The molecule has 0 saturated carbocycles. The van der Waals surface area contributed by atoms with Gasteiger partial charge >= 0.3 is 0 Å². The van der Waals surface area contributed by atoms with Gasteiger partial charge in [0.05, 0.1) is 0 Å². The number of amides is 4. The second-order valence-electron chi connectivity index (χ2n) is 9.21. The van der Waals surface area contributed by atoms with Gasteiger partial charge < -0.3 is 31.5 Å². The van der Waals surface area contributed by atoms with Crippen LogP contribution in [0, 0.1) is 5.92 Å². The molecule has 10 heteroatoms. The van der Waals surface area contributed by atoms with Crippen LogP contribution in [0.5, 0.6) is 5.75 Å². The molecule has 1 aliphatic rings. The Morgan fingerprint density at radius 3 is 2.14 bits per heavy atom. The first kappa shape index (κ1) is 26.7. The number of benzene rings is 2.